The molecular formula is C37H35ClN2O9PS-. The van der Waals surface area contributed by atoms with Gasteiger partial charge in [0, 0.05) is 18.2 Å². The molecule has 1 unspecified atom stereocenters. The number of methoxy groups -OCH3 is 2. The lowest BCUT2D eigenvalue weighted by Crippen LogP contribution is -2.39. The van der Waals surface area contributed by atoms with Crippen LogP contribution in [0.3, 0.4) is 0 Å². The van der Waals surface area contributed by atoms with E-state index in [-0.39, 0.29) is 23.8 Å². The third-order valence-corrected chi connectivity index (χ3v) is 10.3. The van der Waals surface area contributed by atoms with Crippen molar-refractivity contribution >= 4 is 30.1 Å². The van der Waals surface area contributed by atoms with E-state index >= 15 is 0 Å². The predicted molar refractivity (Wildman–Crippen MR) is 194 cm³/mol. The first-order valence-corrected chi connectivity index (χ1v) is 18.9. The first-order chi connectivity index (χ1) is 24.5. The summed E-state index contributed by atoms with van der Waals surface area (Å²) >= 11 is 11.6. The van der Waals surface area contributed by atoms with Crippen molar-refractivity contribution in [2.75, 3.05) is 20.8 Å². The Bertz CT molecular complexity index is 2080. The monoisotopic (exact) mass is 749 g/mol. The Balaban J connectivity index is 1.41. The molecule has 5 aromatic rings. The summed E-state index contributed by atoms with van der Waals surface area (Å²) in [5.41, 5.74) is 0.231. The summed E-state index contributed by atoms with van der Waals surface area (Å²) in [6, 6.07) is 31.2. The number of benzene rings is 4. The van der Waals surface area contributed by atoms with Crippen LogP contribution in [0, 0.1) is 6.92 Å². The zero-order valence-electron chi connectivity index (χ0n) is 27.9. The number of aromatic amines is 1. The van der Waals surface area contributed by atoms with Crippen molar-refractivity contribution in [1.29, 1.82) is 0 Å². The summed E-state index contributed by atoms with van der Waals surface area (Å²) in [7, 11) is 3.19. The first-order valence-electron chi connectivity index (χ1n) is 15.9. The van der Waals surface area contributed by atoms with Crippen molar-refractivity contribution in [2.45, 2.75) is 37.4 Å². The van der Waals surface area contributed by atoms with Gasteiger partial charge in [0.25, 0.3) is 5.56 Å². The maximum atomic E-state index is 13.7. The lowest BCUT2D eigenvalue weighted by atomic mass is 9.80. The molecule has 0 spiro atoms. The lowest BCUT2D eigenvalue weighted by Gasteiger charge is -2.38. The van der Waals surface area contributed by atoms with Crippen LogP contribution >= 0.6 is 18.3 Å². The number of aryl methyl sites for hydroxylation is 1. The van der Waals surface area contributed by atoms with Crippen LogP contribution in [0.1, 0.15) is 34.9 Å². The number of hydrogen-bond acceptors (Lipinski definition) is 10. The van der Waals surface area contributed by atoms with Crippen LogP contribution in [0.4, 0.5) is 0 Å². The Morgan fingerprint density at radius 1 is 0.902 bits per heavy atom. The fraction of sp³-hybridized carbons (Fsp3) is 0.243. The molecule has 1 aliphatic rings. The summed E-state index contributed by atoms with van der Waals surface area (Å²) in [5, 5.41) is 0.202. The minimum atomic E-state index is -4.24. The first kappa shape index (κ1) is 36.5. The van der Waals surface area contributed by atoms with E-state index in [1.54, 1.807) is 39.3 Å². The van der Waals surface area contributed by atoms with E-state index in [1.165, 1.54) is 16.8 Å². The zero-order valence-corrected chi connectivity index (χ0v) is 30.4. The van der Waals surface area contributed by atoms with Crippen LogP contribution in [0.2, 0.25) is 5.02 Å². The number of aromatic nitrogens is 2. The van der Waals surface area contributed by atoms with E-state index in [9.17, 15) is 14.5 Å². The van der Waals surface area contributed by atoms with Gasteiger partial charge in [0.2, 0.25) is 0 Å². The van der Waals surface area contributed by atoms with Gasteiger partial charge in [0.05, 0.1) is 32.0 Å². The smallest absolute Gasteiger partial charge is 0.330 e. The number of ether oxygens (including phenoxy) is 4. The van der Waals surface area contributed by atoms with E-state index < -0.39 is 42.0 Å². The molecule has 1 aliphatic heterocycles. The molecule has 51 heavy (non-hydrogen) atoms. The van der Waals surface area contributed by atoms with Crippen molar-refractivity contribution in [3.05, 3.63) is 157 Å². The van der Waals surface area contributed by atoms with Crippen LogP contribution in [0.15, 0.2) is 119 Å². The van der Waals surface area contributed by atoms with Crippen molar-refractivity contribution in [3.63, 3.8) is 0 Å². The highest BCUT2D eigenvalue weighted by atomic mass is 35.5. The SMILES string of the molecule is COc1ccc(C(OC[C@H]2O[C@@H](n3cc(C)c(=O)[nH]c3=O)C[C@@H]2OP([O-])(=S)Oc2ccccc2Cl)(c2ccccc2)c2ccc(OC)cc2)cc1. The van der Waals surface area contributed by atoms with Crippen molar-refractivity contribution in [3.8, 4) is 17.2 Å². The molecule has 2 heterocycles. The number of H-pyrrole nitrogens is 1. The Morgan fingerprint density at radius 2 is 1.47 bits per heavy atom. The van der Waals surface area contributed by atoms with Gasteiger partial charge in [-0.3, -0.25) is 14.3 Å². The molecule has 0 amide bonds. The highest BCUT2D eigenvalue weighted by Crippen LogP contribution is 2.48. The van der Waals surface area contributed by atoms with Crippen LogP contribution in [-0.4, -0.2) is 42.6 Å². The van der Waals surface area contributed by atoms with Gasteiger partial charge in [-0.05, 0) is 71.8 Å². The second-order valence-electron chi connectivity index (χ2n) is 11.8. The summed E-state index contributed by atoms with van der Waals surface area (Å²) in [4.78, 5) is 41.1. The van der Waals surface area contributed by atoms with E-state index in [1.807, 2.05) is 78.9 Å². The topological polar surface area (TPSA) is 133 Å². The lowest BCUT2D eigenvalue weighted by molar-refractivity contribution is -0.205. The molecule has 266 valence electrons. The van der Waals surface area contributed by atoms with Gasteiger partial charge in [0.1, 0.15) is 35.2 Å². The van der Waals surface area contributed by atoms with Gasteiger partial charge in [-0.2, -0.15) is 0 Å². The summed E-state index contributed by atoms with van der Waals surface area (Å²) < 4.78 is 37.3. The largest absolute Gasteiger partial charge is 0.770 e. The maximum absolute atomic E-state index is 13.7. The third kappa shape index (κ3) is 7.98. The number of nitrogens with one attached hydrogen (secondary N) is 1. The van der Waals surface area contributed by atoms with Crippen LogP contribution in [0.5, 0.6) is 17.2 Å². The maximum Gasteiger partial charge on any atom is 0.330 e. The van der Waals surface area contributed by atoms with Crippen molar-refractivity contribution < 1.29 is 32.9 Å². The van der Waals surface area contributed by atoms with E-state index in [2.05, 4.69) is 4.98 Å². The number of hydrogen-bond donors (Lipinski definition) is 1. The second kappa shape index (κ2) is 15.5. The second-order valence-corrected chi connectivity index (χ2v) is 14.8. The molecular weight excluding hydrogens is 715 g/mol. The van der Waals surface area contributed by atoms with Crippen molar-refractivity contribution in [1.82, 2.24) is 9.55 Å². The van der Waals surface area contributed by atoms with Gasteiger partial charge in [-0.1, -0.05) is 78.3 Å². The number of rotatable bonds is 13. The molecule has 11 nitrogen and oxygen atoms in total. The Labute approximate surface area is 304 Å². The van der Waals surface area contributed by atoms with Crippen LogP contribution < -0.4 is 30.1 Å². The Hall–Kier alpha value is -4.26. The third-order valence-electron chi connectivity index (χ3n) is 8.59. The molecule has 4 aromatic carbocycles. The zero-order chi connectivity index (χ0) is 36.2. The number of para-hydroxylation sites is 1. The highest BCUT2D eigenvalue weighted by molar-refractivity contribution is 8.06. The highest BCUT2D eigenvalue weighted by Gasteiger charge is 2.44. The van der Waals surface area contributed by atoms with Gasteiger partial charge < -0.3 is 32.9 Å². The van der Waals surface area contributed by atoms with Gasteiger partial charge in [0.15, 0.2) is 6.72 Å². The molecule has 1 N–H and O–H groups in total. The Kier molecular flexibility index (Phi) is 11.1. The number of nitrogens with zero attached hydrogens (tertiary/aromatic N) is 1. The molecule has 1 saturated heterocycles. The molecule has 0 radical (unpaired) electrons. The number of halogens is 1. The Morgan fingerprint density at radius 3 is 2.06 bits per heavy atom. The average Bonchev–Trinajstić information content (AvgIpc) is 3.53. The fourth-order valence-corrected chi connectivity index (χ4v) is 7.84. The van der Waals surface area contributed by atoms with Gasteiger partial charge in [-0.25, -0.2) is 4.79 Å². The molecule has 0 aliphatic carbocycles. The summed E-state index contributed by atoms with van der Waals surface area (Å²) in [5.74, 6) is 1.41. The molecule has 0 bridgehead atoms. The molecule has 6 rings (SSSR count). The van der Waals surface area contributed by atoms with Gasteiger partial charge >= 0.3 is 5.69 Å². The standard InChI is InChI=1S/C37H36ClN2O9PS/c1-24-22-40(36(42)39-35(24)41)34-21-32(49-50(43,51)48-31-12-8-7-11-30(31)38)33(47-34)23-46-37(25-9-5-4-6-10-25,26-13-17-28(44-2)18-14-26)27-15-19-29(45-3)20-16-27/h4-20,22,32-34H,21,23H2,1-3H3,(H,43,51)(H,39,41,42)/p-1/t32-,33+,34+,50?/m0/s1. The summed E-state index contributed by atoms with van der Waals surface area (Å²) in [6.45, 7) is -2.80. The minimum absolute atomic E-state index is 0.0232. The molecule has 4 atom stereocenters. The van der Waals surface area contributed by atoms with Gasteiger partial charge in [-0.15, -0.1) is 0 Å². The normalized spacial score (nSPS) is 18.6. The predicted octanol–water partition coefficient (Wildman–Crippen LogP) is 5.86. The average molecular weight is 750 g/mol. The molecule has 0 saturated carbocycles. The summed E-state index contributed by atoms with van der Waals surface area (Å²) in [6.07, 6.45) is -1.42. The molecule has 1 fully saturated rings. The van der Waals surface area contributed by atoms with E-state index in [4.69, 9.17) is 51.4 Å². The fourth-order valence-electron chi connectivity index (χ4n) is 6.04. The van der Waals surface area contributed by atoms with E-state index in [0.29, 0.717) is 17.1 Å². The minimum Gasteiger partial charge on any atom is -0.770 e. The van der Waals surface area contributed by atoms with Crippen LogP contribution in [0.25, 0.3) is 0 Å². The molecule has 14 heteroatoms. The van der Waals surface area contributed by atoms with E-state index in [0.717, 1.165) is 16.7 Å². The molecule has 1 aromatic heterocycles. The van der Waals surface area contributed by atoms with Crippen molar-refractivity contribution in [2.24, 2.45) is 0 Å². The quantitative estimate of drug-likeness (QED) is 0.115. The van der Waals surface area contributed by atoms with Crippen LogP contribution in [-0.2, 0) is 31.4 Å².